The zero-order valence-electron chi connectivity index (χ0n) is 19.7. The lowest BCUT2D eigenvalue weighted by molar-refractivity contribution is -0.136. The van der Waals surface area contributed by atoms with Crippen LogP contribution in [0.1, 0.15) is 44.8 Å². The van der Waals surface area contributed by atoms with Gasteiger partial charge in [0, 0.05) is 14.9 Å². The Bertz CT molecular complexity index is 1430. The fourth-order valence-corrected chi connectivity index (χ4v) is 5.36. The van der Waals surface area contributed by atoms with Crippen molar-refractivity contribution >= 4 is 56.3 Å². The number of halogens is 1. The number of ether oxygens (including phenoxy) is 2. The van der Waals surface area contributed by atoms with Gasteiger partial charge in [0.05, 0.1) is 24.5 Å². The molecule has 0 unspecified atom stereocenters. The van der Waals surface area contributed by atoms with Crippen molar-refractivity contribution in [1.29, 1.82) is 5.26 Å². The number of amides is 2. The second-order valence-corrected chi connectivity index (χ2v) is 10.0. The monoisotopic (exact) mass is 580 g/mol. The van der Waals surface area contributed by atoms with Gasteiger partial charge in [-0.25, -0.2) is 10.2 Å². The molecule has 0 spiro atoms. The molecular formula is C26H21BrN4O5S. The summed E-state index contributed by atoms with van der Waals surface area (Å²) in [7, 11) is 1.53. The average molecular weight is 581 g/mol. The number of benzene rings is 2. The molecule has 1 aliphatic carbocycles. The van der Waals surface area contributed by atoms with Crippen LogP contribution in [0.4, 0.5) is 5.00 Å². The third-order valence-corrected chi connectivity index (χ3v) is 7.29. The van der Waals surface area contributed by atoms with Crippen LogP contribution in [0.25, 0.3) is 0 Å². The maximum atomic E-state index is 12.6. The van der Waals surface area contributed by atoms with E-state index in [-0.39, 0.29) is 5.75 Å². The molecule has 2 aromatic carbocycles. The quantitative estimate of drug-likeness (QED) is 0.144. The molecule has 1 aliphatic rings. The molecule has 0 atom stereocenters. The zero-order valence-corrected chi connectivity index (χ0v) is 22.1. The van der Waals surface area contributed by atoms with E-state index in [0.717, 1.165) is 36.1 Å². The molecule has 0 fully saturated rings. The summed E-state index contributed by atoms with van der Waals surface area (Å²) < 4.78 is 11.3. The van der Waals surface area contributed by atoms with Crippen LogP contribution >= 0.6 is 27.3 Å². The zero-order chi connectivity index (χ0) is 26.4. The van der Waals surface area contributed by atoms with Crippen LogP contribution in [0.5, 0.6) is 11.5 Å². The number of hydrogen-bond donors (Lipinski definition) is 2. The highest BCUT2D eigenvalue weighted by Crippen LogP contribution is 2.37. The molecule has 1 aromatic heterocycles. The van der Waals surface area contributed by atoms with Crippen LogP contribution in [0, 0.1) is 11.3 Å². The number of carbonyl (C=O) groups excluding carboxylic acids is 3. The maximum Gasteiger partial charge on any atom is 0.343 e. The van der Waals surface area contributed by atoms with E-state index in [1.165, 1.54) is 24.7 Å². The first-order valence-corrected chi connectivity index (χ1v) is 12.9. The molecule has 0 radical (unpaired) electrons. The maximum absolute atomic E-state index is 12.6. The van der Waals surface area contributed by atoms with Gasteiger partial charge in [0.1, 0.15) is 22.6 Å². The minimum absolute atomic E-state index is 0.203. The Labute approximate surface area is 225 Å². The first kappa shape index (κ1) is 26.1. The Hall–Kier alpha value is -4.01. The van der Waals surface area contributed by atoms with E-state index in [0.29, 0.717) is 31.9 Å². The van der Waals surface area contributed by atoms with Gasteiger partial charge in [-0.3, -0.25) is 9.59 Å². The smallest absolute Gasteiger partial charge is 0.343 e. The number of carbonyl (C=O) groups is 3. The minimum Gasteiger partial charge on any atom is -0.497 e. The Morgan fingerprint density at radius 2 is 1.86 bits per heavy atom. The van der Waals surface area contributed by atoms with Crippen molar-refractivity contribution in [1.82, 2.24) is 5.43 Å². The van der Waals surface area contributed by atoms with Crippen LogP contribution in [0.15, 0.2) is 52.0 Å². The van der Waals surface area contributed by atoms with Gasteiger partial charge in [-0.2, -0.15) is 10.4 Å². The Balaban J connectivity index is 1.41. The summed E-state index contributed by atoms with van der Waals surface area (Å²) >= 11 is 4.68. The standard InChI is InChI=1S/C26H21BrN4O5S/c1-35-18-9-6-15(7-10-18)26(34)36-21-11-8-17(27)12-16(21)14-29-31-24(33)23(32)30-25-20(13-28)19-4-2-3-5-22(19)37-25/h6-12,14H,2-5H2,1H3,(H,30,32)(H,31,33)/b29-14+. The lowest BCUT2D eigenvalue weighted by Gasteiger charge is -2.09. The summed E-state index contributed by atoms with van der Waals surface area (Å²) in [5, 5.41) is 16.3. The van der Waals surface area contributed by atoms with Crippen molar-refractivity contribution in [3.63, 3.8) is 0 Å². The molecule has 0 bridgehead atoms. The van der Waals surface area contributed by atoms with Gasteiger partial charge in [0.25, 0.3) is 0 Å². The average Bonchev–Trinajstić information content (AvgIpc) is 3.26. The highest BCUT2D eigenvalue weighted by Gasteiger charge is 2.23. The van der Waals surface area contributed by atoms with Crippen LogP contribution in [0.3, 0.4) is 0 Å². The van der Waals surface area contributed by atoms with Crippen molar-refractivity contribution in [2.24, 2.45) is 5.10 Å². The molecule has 0 aliphatic heterocycles. The fraction of sp³-hybridized carbons (Fsp3) is 0.192. The van der Waals surface area contributed by atoms with E-state index < -0.39 is 17.8 Å². The summed E-state index contributed by atoms with van der Waals surface area (Å²) in [4.78, 5) is 38.4. The highest BCUT2D eigenvalue weighted by atomic mass is 79.9. The lowest BCUT2D eigenvalue weighted by Crippen LogP contribution is -2.32. The van der Waals surface area contributed by atoms with Crippen LogP contribution in [-0.4, -0.2) is 31.1 Å². The van der Waals surface area contributed by atoms with E-state index in [1.807, 2.05) is 0 Å². The Kier molecular flexibility index (Phi) is 8.32. The number of nitrogens with one attached hydrogen (secondary N) is 2. The van der Waals surface area contributed by atoms with Gasteiger partial charge in [-0.05, 0) is 73.7 Å². The third kappa shape index (κ3) is 6.22. The molecule has 37 heavy (non-hydrogen) atoms. The Morgan fingerprint density at radius 1 is 1.11 bits per heavy atom. The van der Waals surface area contributed by atoms with Crippen LogP contribution < -0.4 is 20.2 Å². The predicted molar refractivity (Wildman–Crippen MR) is 142 cm³/mol. The topological polar surface area (TPSA) is 130 Å². The van der Waals surface area contributed by atoms with Crippen LogP contribution in [-0.2, 0) is 22.4 Å². The number of nitrogens with zero attached hydrogens (tertiary/aromatic N) is 2. The number of hydrazone groups is 1. The fourth-order valence-electron chi connectivity index (χ4n) is 3.74. The second kappa shape index (κ2) is 11.8. The van der Waals surface area contributed by atoms with E-state index >= 15 is 0 Å². The molecule has 0 saturated heterocycles. The number of rotatable bonds is 6. The number of nitriles is 1. The number of esters is 1. The van der Waals surface area contributed by atoms with Crippen molar-refractivity contribution in [3.8, 4) is 17.6 Å². The second-order valence-electron chi connectivity index (χ2n) is 7.98. The summed E-state index contributed by atoms with van der Waals surface area (Å²) in [6.45, 7) is 0. The van der Waals surface area contributed by atoms with Crippen molar-refractivity contribution < 1.29 is 23.9 Å². The first-order chi connectivity index (χ1) is 17.9. The Morgan fingerprint density at radius 3 is 2.59 bits per heavy atom. The van der Waals surface area contributed by atoms with Gasteiger partial charge < -0.3 is 14.8 Å². The number of anilines is 1. The normalized spacial score (nSPS) is 12.4. The van der Waals surface area contributed by atoms with Crippen molar-refractivity contribution in [3.05, 3.63) is 74.1 Å². The molecule has 11 heteroatoms. The third-order valence-electron chi connectivity index (χ3n) is 5.59. The molecule has 4 rings (SSSR count). The molecule has 2 N–H and O–H groups in total. The molecule has 2 amide bonds. The lowest BCUT2D eigenvalue weighted by atomic mass is 9.96. The molecule has 3 aromatic rings. The largest absolute Gasteiger partial charge is 0.497 e. The molecule has 1 heterocycles. The van der Waals surface area contributed by atoms with Gasteiger partial charge in [0.15, 0.2) is 0 Å². The number of thiophene rings is 1. The minimum atomic E-state index is -1.00. The van der Waals surface area contributed by atoms with E-state index in [2.05, 4.69) is 37.8 Å². The van der Waals surface area contributed by atoms with Gasteiger partial charge >= 0.3 is 17.8 Å². The van der Waals surface area contributed by atoms with Crippen molar-refractivity contribution in [2.45, 2.75) is 25.7 Å². The number of hydrogen-bond acceptors (Lipinski definition) is 8. The summed E-state index contributed by atoms with van der Waals surface area (Å²) in [5.41, 5.74) is 4.25. The number of methoxy groups -OCH3 is 1. The highest BCUT2D eigenvalue weighted by molar-refractivity contribution is 9.10. The van der Waals surface area contributed by atoms with E-state index in [9.17, 15) is 19.6 Å². The van der Waals surface area contributed by atoms with Gasteiger partial charge in [-0.1, -0.05) is 15.9 Å². The molecular weight excluding hydrogens is 560 g/mol. The summed E-state index contributed by atoms with van der Waals surface area (Å²) in [5.74, 6) is -1.72. The van der Waals surface area contributed by atoms with Crippen molar-refractivity contribution in [2.75, 3.05) is 12.4 Å². The van der Waals surface area contributed by atoms with Crippen LogP contribution in [0.2, 0.25) is 0 Å². The number of aryl methyl sites for hydroxylation is 1. The predicted octanol–water partition coefficient (Wildman–Crippen LogP) is 4.58. The summed E-state index contributed by atoms with van der Waals surface area (Å²) in [6.07, 6.45) is 4.94. The van der Waals surface area contributed by atoms with E-state index in [1.54, 1.807) is 42.5 Å². The van der Waals surface area contributed by atoms with Gasteiger partial charge in [0.2, 0.25) is 0 Å². The van der Waals surface area contributed by atoms with Gasteiger partial charge in [-0.15, -0.1) is 11.3 Å². The molecule has 0 saturated carbocycles. The molecule has 9 nitrogen and oxygen atoms in total. The number of fused-ring (bicyclic) bond motifs is 1. The summed E-state index contributed by atoms with van der Waals surface area (Å²) in [6, 6.07) is 13.5. The van der Waals surface area contributed by atoms with E-state index in [4.69, 9.17) is 9.47 Å². The molecule has 188 valence electrons. The SMILES string of the molecule is COc1ccc(C(=O)Oc2ccc(Br)cc2/C=N/NC(=O)C(=O)Nc2sc3c(c2C#N)CCCC3)cc1. The first-order valence-electron chi connectivity index (χ1n) is 11.2.